The van der Waals surface area contributed by atoms with Crippen molar-refractivity contribution in [2.75, 3.05) is 0 Å². The summed E-state index contributed by atoms with van der Waals surface area (Å²) in [6.45, 7) is 2.14. The van der Waals surface area contributed by atoms with Crippen LogP contribution in [0.25, 0.3) is 0 Å². The van der Waals surface area contributed by atoms with Crippen LogP contribution in [0.1, 0.15) is 19.8 Å². The van der Waals surface area contributed by atoms with E-state index in [4.69, 9.17) is 4.74 Å². The van der Waals surface area contributed by atoms with Crippen LogP contribution in [0.15, 0.2) is 24.3 Å². The molecule has 0 aromatic heterocycles. The van der Waals surface area contributed by atoms with E-state index in [0.717, 1.165) is 22.6 Å². The Balaban J connectivity index is 1.89. The molecule has 0 aliphatic carbocycles. The Kier molecular flexibility index (Phi) is 4.15. The molecule has 0 bridgehead atoms. The van der Waals surface area contributed by atoms with Gasteiger partial charge < -0.3 is 0 Å². The zero-order valence-electron chi connectivity index (χ0n) is 9.67. The van der Waals surface area contributed by atoms with Gasteiger partial charge in [-0.05, 0) is 0 Å². The Hall–Kier alpha value is -0.901. The number of hydrogen-bond acceptors (Lipinski definition) is 3. The van der Waals surface area contributed by atoms with Gasteiger partial charge in [-0.2, -0.15) is 0 Å². The van der Waals surface area contributed by atoms with E-state index in [9.17, 15) is 10.1 Å². The summed E-state index contributed by atoms with van der Waals surface area (Å²) in [5.74, 6) is 0. The summed E-state index contributed by atoms with van der Waals surface area (Å²) in [5.41, 5.74) is 0.250. The molecule has 1 saturated heterocycles. The van der Waals surface area contributed by atoms with Gasteiger partial charge in [-0.3, -0.25) is 0 Å². The van der Waals surface area contributed by atoms with Crippen LogP contribution in [-0.2, 0) is 4.74 Å². The van der Waals surface area contributed by atoms with Crippen LogP contribution < -0.4 is 4.46 Å². The van der Waals surface area contributed by atoms with Crippen LogP contribution in [0.3, 0.4) is 0 Å². The Morgan fingerprint density at radius 1 is 1.41 bits per heavy atom. The van der Waals surface area contributed by atoms with Gasteiger partial charge >= 0.3 is 106 Å². The predicted molar refractivity (Wildman–Crippen MR) is 66.9 cm³/mol. The van der Waals surface area contributed by atoms with Crippen LogP contribution >= 0.6 is 0 Å². The molecule has 1 heterocycles. The Morgan fingerprint density at radius 2 is 2.18 bits per heavy atom. The van der Waals surface area contributed by atoms with Crippen molar-refractivity contribution in [2.24, 2.45) is 0 Å². The molecule has 5 heteroatoms. The summed E-state index contributed by atoms with van der Waals surface area (Å²) < 4.78 is 6.40. The van der Waals surface area contributed by atoms with E-state index in [0.29, 0.717) is 12.2 Å². The molecule has 0 N–H and O–H groups in total. The number of nitro benzene ring substituents is 1. The molecule has 0 saturated carbocycles. The van der Waals surface area contributed by atoms with E-state index < -0.39 is 0 Å². The molecule has 0 radical (unpaired) electrons. The van der Waals surface area contributed by atoms with Crippen LogP contribution in [0.5, 0.6) is 0 Å². The monoisotopic (exact) mass is 301 g/mol. The summed E-state index contributed by atoms with van der Waals surface area (Å²) >= 11 is 0.136. The van der Waals surface area contributed by atoms with Gasteiger partial charge in [-0.15, -0.1) is 0 Å². The zero-order chi connectivity index (χ0) is 12.3. The van der Waals surface area contributed by atoms with E-state index in [-0.39, 0.29) is 25.6 Å². The van der Waals surface area contributed by atoms with Crippen molar-refractivity contribution in [2.45, 2.75) is 37.3 Å². The second-order valence-electron chi connectivity index (χ2n) is 4.04. The molecular formula is C12H15NO3Se. The fraction of sp³-hybridized carbons (Fsp3) is 0.500. The van der Waals surface area contributed by atoms with Gasteiger partial charge in [0.05, 0.1) is 0 Å². The van der Waals surface area contributed by atoms with Crippen molar-refractivity contribution in [3.05, 3.63) is 34.4 Å². The van der Waals surface area contributed by atoms with Gasteiger partial charge in [0.2, 0.25) is 0 Å². The van der Waals surface area contributed by atoms with Gasteiger partial charge in [0.1, 0.15) is 0 Å². The van der Waals surface area contributed by atoms with Crippen molar-refractivity contribution in [3.8, 4) is 0 Å². The van der Waals surface area contributed by atoms with E-state index >= 15 is 0 Å². The van der Waals surface area contributed by atoms with Crippen molar-refractivity contribution < 1.29 is 9.66 Å². The first-order valence-electron chi connectivity index (χ1n) is 5.74. The Labute approximate surface area is 107 Å². The van der Waals surface area contributed by atoms with Crippen molar-refractivity contribution in [1.82, 2.24) is 0 Å². The molecule has 4 nitrogen and oxygen atoms in total. The summed E-state index contributed by atoms with van der Waals surface area (Å²) in [5, 5.41) is 11.8. The average molecular weight is 300 g/mol. The normalized spacial score (nSPS) is 22.4. The third kappa shape index (κ3) is 3.28. The third-order valence-electron chi connectivity index (χ3n) is 2.73. The molecule has 2 atom stereocenters. The Bertz CT molecular complexity index is 410. The number of para-hydroxylation sites is 1. The summed E-state index contributed by atoms with van der Waals surface area (Å²) in [4.78, 5) is 10.5. The number of benzene rings is 1. The SMILES string of the molecule is CCC[C@H]1O[C@H]1C[Se]c1ccccc1[N+](=O)[O-]. The van der Waals surface area contributed by atoms with Gasteiger partial charge in [-0.25, -0.2) is 0 Å². The topological polar surface area (TPSA) is 55.7 Å². The number of nitro groups is 1. The maximum absolute atomic E-state index is 10.8. The molecular weight excluding hydrogens is 285 g/mol. The molecule has 2 rings (SSSR count). The zero-order valence-corrected chi connectivity index (χ0v) is 11.4. The van der Waals surface area contributed by atoms with E-state index in [1.807, 2.05) is 12.1 Å². The van der Waals surface area contributed by atoms with Gasteiger partial charge in [-0.1, -0.05) is 0 Å². The first kappa shape index (κ1) is 12.6. The molecule has 0 unspecified atom stereocenters. The second kappa shape index (κ2) is 5.63. The van der Waals surface area contributed by atoms with E-state index in [1.54, 1.807) is 12.1 Å². The summed E-state index contributed by atoms with van der Waals surface area (Å²) in [6.07, 6.45) is 3.00. The third-order valence-corrected chi connectivity index (χ3v) is 5.14. The molecule has 0 amide bonds. The number of rotatable bonds is 6. The minimum atomic E-state index is -0.297. The summed E-state index contributed by atoms with van der Waals surface area (Å²) in [7, 11) is 0. The number of hydrogen-bond donors (Lipinski definition) is 0. The molecule has 92 valence electrons. The molecule has 17 heavy (non-hydrogen) atoms. The maximum atomic E-state index is 10.8. The molecule has 1 fully saturated rings. The standard InChI is InChI=1S/C12H15NO3Se/c1-2-5-10-11(16-10)8-17-12-7-4-3-6-9(12)13(14)15/h3-4,6-7,10-11H,2,5,8H2,1H3/t10-,11+/m1/s1. The molecule has 1 aliphatic heterocycles. The molecule has 1 aromatic rings. The predicted octanol–water partition coefficient (Wildman–Crippen LogP) is 1.91. The number of ether oxygens (including phenoxy) is 1. The van der Waals surface area contributed by atoms with Crippen molar-refractivity contribution in [3.63, 3.8) is 0 Å². The van der Waals surface area contributed by atoms with Crippen LogP contribution in [0.2, 0.25) is 5.32 Å². The average Bonchev–Trinajstić information content (AvgIpc) is 3.06. The summed E-state index contributed by atoms with van der Waals surface area (Å²) in [6, 6.07) is 7.01. The van der Waals surface area contributed by atoms with Gasteiger partial charge in [0.25, 0.3) is 0 Å². The van der Waals surface area contributed by atoms with E-state index in [2.05, 4.69) is 6.92 Å². The molecule has 0 spiro atoms. The number of nitrogens with zero attached hydrogens (tertiary/aromatic N) is 1. The first-order chi connectivity index (χ1) is 8.22. The van der Waals surface area contributed by atoms with Gasteiger partial charge in [0, 0.05) is 0 Å². The molecule has 1 aromatic carbocycles. The van der Waals surface area contributed by atoms with Gasteiger partial charge in [0.15, 0.2) is 0 Å². The molecule has 1 aliphatic rings. The Morgan fingerprint density at radius 3 is 2.88 bits per heavy atom. The minimum absolute atomic E-state index is 0.136. The van der Waals surface area contributed by atoms with E-state index in [1.165, 1.54) is 0 Å². The fourth-order valence-corrected chi connectivity index (χ4v) is 4.08. The second-order valence-corrected chi connectivity index (χ2v) is 6.27. The quantitative estimate of drug-likeness (QED) is 0.349. The fourth-order valence-electron chi connectivity index (χ4n) is 1.77. The number of epoxide rings is 1. The first-order valence-corrected chi connectivity index (χ1v) is 7.81. The van der Waals surface area contributed by atoms with Crippen molar-refractivity contribution in [1.29, 1.82) is 0 Å². The van der Waals surface area contributed by atoms with Crippen LogP contribution in [0.4, 0.5) is 5.69 Å². The van der Waals surface area contributed by atoms with Crippen LogP contribution in [0, 0.1) is 10.1 Å². The van der Waals surface area contributed by atoms with Crippen LogP contribution in [-0.4, -0.2) is 32.1 Å². The van der Waals surface area contributed by atoms with Crippen molar-refractivity contribution >= 4 is 25.1 Å².